The van der Waals surface area contributed by atoms with Crippen molar-refractivity contribution in [1.29, 1.82) is 0 Å². The number of hydrogen-bond acceptors (Lipinski definition) is 2. The molecule has 1 aromatic heterocycles. The molecule has 0 fully saturated rings. The molecule has 0 radical (unpaired) electrons. The van der Waals surface area contributed by atoms with Crippen LogP contribution in [0.25, 0.3) is 0 Å². The van der Waals surface area contributed by atoms with Crippen molar-refractivity contribution in [3.8, 4) is 0 Å². The summed E-state index contributed by atoms with van der Waals surface area (Å²) >= 11 is 9.42. The molecule has 0 saturated heterocycles. The first-order valence-corrected chi connectivity index (χ1v) is 6.88. The SMILES string of the molecule is Cc1cnccc1CNCc1ccc(Cl)cc1Br. The third kappa shape index (κ3) is 3.55. The second-order valence-electron chi connectivity index (χ2n) is 4.14. The van der Waals surface area contributed by atoms with Gasteiger partial charge < -0.3 is 5.32 Å². The van der Waals surface area contributed by atoms with E-state index in [0.717, 1.165) is 22.6 Å². The maximum atomic E-state index is 5.91. The van der Waals surface area contributed by atoms with E-state index in [1.54, 1.807) is 0 Å². The summed E-state index contributed by atoms with van der Waals surface area (Å²) in [4.78, 5) is 4.09. The quantitative estimate of drug-likeness (QED) is 0.915. The van der Waals surface area contributed by atoms with Gasteiger partial charge in [0.15, 0.2) is 0 Å². The van der Waals surface area contributed by atoms with E-state index in [1.165, 1.54) is 16.7 Å². The third-order valence-corrected chi connectivity index (χ3v) is 3.76. The van der Waals surface area contributed by atoms with Crippen LogP contribution >= 0.6 is 27.5 Å². The molecule has 2 nitrogen and oxygen atoms in total. The van der Waals surface area contributed by atoms with Crippen LogP contribution in [0.4, 0.5) is 0 Å². The largest absolute Gasteiger partial charge is 0.309 e. The van der Waals surface area contributed by atoms with Gasteiger partial charge in [0.2, 0.25) is 0 Å². The monoisotopic (exact) mass is 324 g/mol. The molecule has 0 aliphatic rings. The predicted molar refractivity (Wildman–Crippen MR) is 78.7 cm³/mol. The lowest BCUT2D eigenvalue weighted by Crippen LogP contribution is -2.13. The van der Waals surface area contributed by atoms with E-state index < -0.39 is 0 Å². The molecule has 1 N–H and O–H groups in total. The lowest BCUT2D eigenvalue weighted by atomic mass is 10.1. The fourth-order valence-corrected chi connectivity index (χ4v) is 2.52. The van der Waals surface area contributed by atoms with Crippen molar-refractivity contribution in [3.63, 3.8) is 0 Å². The van der Waals surface area contributed by atoms with Crippen molar-refractivity contribution in [1.82, 2.24) is 10.3 Å². The molecule has 0 spiro atoms. The van der Waals surface area contributed by atoms with Gasteiger partial charge in [-0.1, -0.05) is 33.6 Å². The van der Waals surface area contributed by atoms with Gasteiger partial charge in [-0.3, -0.25) is 4.98 Å². The van der Waals surface area contributed by atoms with E-state index >= 15 is 0 Å². The van der Waals surface area contributed by atoms with Gasteiger partial charge in [-0.15, -0.1) is 0 Å². The zero-order valence-corrected chi connectivity index (χ0v) is 12.4. The Labute approximate surface area is 121 Å². The number of hydrogen-bond donors (Lipinski definition) is 1. The van der Waals surface area contributed by atoms with Gasteiger partial charge in [0.05, 0.1) is 0 Å². The first kappa shape index (κ1) is 13.5. The van der Waals surface area contributed by atoms with Crippen molar-refractivity contribution in [3.05, 3.63) is 62.8 Å². The molecule has 0 amide bonds. The Balaban J connectivity index is 1.95. The smallest absolute Gasteiger partial charge is 0.0417 e. The van der Waals surface area contributed by atoms with E-state index in [9.17, 15) is 0 Å². The van der Waals surface area contributed by atoms with Crippen LogP contribution in [-0.4, -0.2) is 4.98 Å². The number of nitrogens with zero attached hydrogens (tertiary/aromatic N) is 1. The average Bonchev–Trinajstić information content (AvgIpc) is 2.34. The van der Waals surface area contributed by atoms with Crippen LogP contribution < -0.4 is 5.32 Å². The number of aryl methyl sites for hydroxylation is 1. The highest BCUT2D eigenvalue weighted by molar-refractivity contribution is 9.10. The zero-order valence-electron chi connectivity index (χ0n) is 10.1. The van der Waals surface area contributed by atoms with Crippen LogP contribution in [0.1, 0.15) is 16.7 Å². The van der Waals surface area contributed by atoms with Crippen molar-refractivity contribution >= 4 is 27.5 Å². The summed E-state index contributed by atoms with van der Waals surface area (Å²) in [5.41, 5.74) is 3.68. The summed E-state index contributed by atoms with van der Waals surface area (Å²) in [5, 5.41) is 4.16. The fraction of sp³-hybridized carbons (Fsp3) is 0.214. The molecule has 2 aromatic rings. The number of aromatic nitrogens is 1. The first-order chi connectivity index (χ1) is 8.66. The number of halogens is 2. The molecule has 0 saturated carbocycles. The standard InChI is InChI=1S/C14H14BrClN2/c1-10-7-17-5-4-11(10)8-18-9-12-2-3-13(16)6-14(12)15/h2-7,18H,8-9H2,1H3. The molecule has 4 heteroatoms. The van der Waals surface area contributed by atoms with E-state index in [2.05, 4.69) is 33.2 Å². The molecule has 2 rings (SSSR count). The summed E-state index contributed by atoms with van der Waals surface area (Å²) in [5.74, 6) is 0. The summed E-state index contributed by atoms with van der Waals surface area (Å²) in [6.07, 6.45) is 3.71. The Morgan fingerprint density at radius 2 is 2.00 bits per heavy atom. The lowest BCUT2D eigenvalue weighted by molar-refractivity contribution is 0.688. The Kier molecular flexibility index (Phi) is 4.75. The van der Waals surface area contributed by atoms with Gasteiger partial charge in [0, 0.05) is 35.0 Å². The topological polar surface area (TPSA) is 24.9 Å². The molecular weight excluding hydrogens is 312 g/mol. The molecule has 94 valence electrons. The van der Waals surface area contributed by atoms with Crippen LogP contribution in [-0.2, 0) is 13.1 Å². The number of rotatable bonds is 4. The van der Waals surface area contributed by atoms with E-state index in [1.807, 2.05) is 36.7 Å². The van der Waals surface area contributed by atoms with Gasteiger partial charge in [-0.05, 0) is 41.8 Å². The van der Waals surface area contributed by atoms with Crippen LogP contribution in [0.3, 0.4) is 0 Å². The van der Waals surface area contributed by atoms with Crippen molar-refractivity contribution in [2.45, 2.75) is 20.0 Å². The second-order valence-corrected chi connectivity index (χ2v) is 5.43. The van der Waals surface area contributed by atoms with Crippen LogP contribution in [0.15, 0.2) is 41.1 Å². The van der Waals surface area contributed by atoms with E-state index in [-0.39, 0.29) is 0 Å². The number of benzene rings is 1. The Morgan fingerprint density at radius 3 is 2.72 bits per heavy atom. The van der Waals surface area contributed by atoms with Crippen LogP contribution in [0.5, 0.6) is 0 Å². The van der Waals surface area contributed by atoms with Crippen molar-refractivity contribution in [2.75, 3.05) is 0 Å². The normalized spacial score (nSPS) is 10.6. The highest BCUT2D eigenvalue weighted by Crippen LogP contribution is 2.21. The first-order valence-electron chi connectivity index (χ1n) is 5.71. The lowest BCUT2D eigenvalue weighted by Gasteiger charge is -2.09. The van der Waals surface area contributed by atoms with E-state index in [0.29, 0.717) is 0 Å². The van der Waals surface area contributed by atoms with Crippen LogP contribution in [0, 0.1) is 6.92 Å². The predicted octanol–water partition coefficient (Wildman–Crippen LogP) is 4.10. The fourth-order valence-electron chi connectivity index (χ4n) is 1.70. The zero-order chi connectivity index (χ0) is 13.0. The number of nitrogens with one attached hydrogen (secondary N) is 1. The molecule has 1 aromatic carbocycles. The molecule has 0 unspecified atom stereocenters. The molecule has 0 aliphatic heterocycles. The Bertz CT molecular complexity index is 543. The summed E-state index contributed by atoms with van der Waals surface area (Å²) in [7, 11) is 0. The maximum absolute atomic E-state index is 5.91. The second kappa shape index (κ2) is 6.32. The average molecular weight is 326 g/mol. The van der Waals surface area contributed by atoms with Crippen molar-refractivity contribution in [2.24, 2.45) is 0 Å². The third-order valence-electron chi connectivity index (χ3n) is 2.78. The molecule has 18 heavy (non-hydrogen) atoms. The summed E-state index contributed by atoms with van der Waals surface area (Å²) in [6, 6.07) is 7.88. The molecule has 1 heterocycles. The van der Waals surface area contributed by atoms with Gasteiger partial charge >= 0.3 is 0 Å². The Morgan fingerprint density at radius 1 is 1.22 bits per heavy atom. The summed E-state index contributed by atoms with van der Waals surface area (Å²) < 4.78 is 1.04. The number of pyridine rings is 1. The molecule has 0 atom stereocenters. The molecule has 0 bridgehead atoms. The van der Waals surface area contributed by atoms with Gasteiger partial charge in [0.25, 0.3) is 0 Å². The minimum atomic E-state index is 0.746. The minimum Gasteiger partial charge on any atom is -0.309 e. The van der Waals surface area contributed by atoms with E-state index in [4.69, 9.17) is 11.6 Å². The summed E-state index contributed by atoms with van der Waals surface area (Å²) in [6.45, 7) is 3.71. The van der Waals surface area contributed by atoms with Crippen molar-refractivity contribution < 1.29 is 0 Å². The highest BCUT2D eigenvalue weighted by atomic mass is 79.9. The van der Waals surface area contributed by atoms with Crippen LogP contribution in [0.2, 0.25) is 5.02 Å². The Hall–Kier alpha value is -0.900. The van der Waals surface area contributed by atoms with Gasteiger partial charge in [0.1, 0.15) is 0 Å². The van der Waals surface area contributed by atoms with Gasteiger partial charge in [-0.2, -0.15) is 0 Å². The maximum Gasteiger partial charge on any atom is 0.0417 e. The minimum absolute atomic E-state index is 0.746. The van der Waals surface area contributed by atoms with Gasteiger partial charge in [-0.25, -0.2) is 0 Å². The highest BCUT2D eigenvalue weighted by Gasteiger charge is 2.01. The molecular formula is C14H14BrClN2. The molecule has 0 aliphatic carbocycles.